The van der Waals surface area contributed by atoms with Crippen LogP contribution in [0.5, 0.6) is 5.75 Å². The molecule has 0 aliphatic heterocycles. The zero-order chi connectivity index (χ0) is 20.3. The molecule has 2 aromatic carbocycles. The summed E-state index contributed by atoms with van der Waals surface area (Å²) in [6, 6.07) is 17.0. The molecule has 1 aliphatic rings. The molecule has 1 fully saturated rings. The van der Waals surface area contributed by atoms with E-state index in [0.29, 0.717) is 12.5 Å². The summed E-state index contributed by atoms with van der Waals surface area (Å²) in [4.78, 5) is 0. The van der Waals surface area contributed by atoms with Gasteiger partial charge in [0.2, 0.25) is 0 Å². The summed E-state index contributed by atoms with van der Waals surface area (Å²) in [5, 5.41) is 0. The van der Waals surface area contributed by atoms with Crippen LogP contribution >= 0.6 is 0 Å². The molecule has 0 amide bonds. The van der Waals surface area contributed by atoms with Gasteiger partial charge in [-0.2, -0.15) is 0 Å². The minimum absolute atomic E-state index is 0.590. The summed E-state index contributed by atoms with van der Waals surface area (Å²) in [6.07, 6.45) is 12.4. The van der Waals surface area contributed by atoms with Gasteiger partial charge in [-0.3, -0.25) is 0 Å². The molecule has 2 aromatic rings. The normalized spacial score (nSPS) is 18.7. The minimum Gasteiger partial charge on any atom is -0.494 e. The Morgan fingerprint density at radius 3 is 2.07 bits per heavy atom. The third-order valence-electron chi connectivity index (χ3n) is 6.12. The number of hydrogen-bond donors (Lipinski definition) is 0. The van der Waals surface area contributed by atoms with E-state index >= 15 is 0 Å². The van der Waals surface area contributed by atoms with Gasteiger partial charge in [0.05, 0.1) is 6.61 Å². The summed E-state index contributed by atoms with van der Waals surface area (Å²) in [6.45, 7) is 5.00. The van der Waals surface area contributed by atoms with Crippen LogP contribution < -0.4 is 4.74 Å². The van der Waals surface area contributed by atoms with Crippen molar-refractivity contribution in [3.05, 3.63) is 54.1 Å². The fourth-order valence-corrected chi connectivity index (χ4v) is 4.30. The van der Waals surface area contributed by atoms with Gasteiger partial charge in [-0.15, -0.1) is 0 Å². The predicted molar refractivity (Wildman–Crippen MR) is 124 cm³/mol. The molecule has 154 valence electrons. The zero-order valence-corrected chi connectivity index (χ0v) is 18.3. The van der Waals surface area contributed by atoms with E-state index in [0.717, 1.165) is 17.2 Å². The Balaban J connectivity index is 1.48. The van der Waals surface area contributed by atoms with Crippen LogP contribution in [0.15, 0.2) is 48.5 Å². The molecule has 1 heteroatoms. The molecular formula is C28H36O. The third kappa shape index (κ3) is 6.97. The Bertz CT molecular complexity index is 768. The lowest BCUT2D eigenvalue weighted by molar-refractivity contribution is 0.294. The van der Waals surface area contributed by atoms with Crippen molar-refractivity contribution in [2.24, 2.45) is 11.8 Å². The highest BCUT2D eigenvalue weighted by atomic mass is 16.5. The van der Waals surface area contributed by atoms with Gasteiger partial charge >= 0.3 is 0 Å². The molecule has 0 spiro atoms. The van der Waals surface area contributed by atoms with Gasteiger partial charge in [0.25, 0.3) is 0 Å². The zero-order valence-electron chi connectivity index (χ0n) is 18.3. The van der Waals surface area contributed by atoms with Gasteiger partial charge in [-0.25, -0.2) is 0 Å². The lowest BCUT2D eigenvalue weighted by atomic mass is 9.80. The van der Waals surface area contributed by atoms with Crippen LogP contribution in [0.2, 0.25) is 0 Å². The van der Waals surface area contributed by atoms with Crippen LogP contribution in [-0.4, -0.2) is 6.61 Å². The van der Waals surface area contributed by atoms with Crippen molar-refractivity contribution in [1.82, 2.24) is 0 Å². The van der Waals surface area contributed by atoms with Gasteiger partial charge < -0.3 is 4.74 Å². The van der Waals surface area contributed by atoms with Crippen molar-refractivity contribution < 1.29 is 4.74 Å². The van der Waals surface area contributed by atoms with Crippen molar-refractivity contribution in [3.63, 3.8) is 0 Å². The van der Waals surface area contributed by atoms with Gasteiger partial charge in [-0.1, -0.05) is 75.1 Å². The highest BCUT2D eigenvalue weighted by molar-refractivity contribution is 5.65. The quantitative estimate of drug-likeness (QED) is 0.330. The maximum absolute atomic E-state index is 5.52. The minimum atomic E-state index is 0.590. The van der Waals surface area contributed by atoms with E-state index in [9.17, 15) is 0 Å². The topological polar surface area (TPSA) is 9.23 Å². The molecule has 0 bridgehead atoms. The monoisotopic (exact) mass is 388 g/mol. The number of hydrogen-bond acceptors (Lipinski definition) is 1. The fraction of sp³-hybridized carbons (Fsp3) is 0.500. The molecule has 0 radical (unpaired) electrons. The Hall–Kier alpha value is -2.20. The SMILES string of the molecule is CCCCCC[C@H]1CC[C@H](C#Cc2ccc(-c3ccc(OCC)cc3)cc2)CC1. The first-order valence-electron chi connectivity index (χ1n) is 11.6. The summed E-state index contributed by atoms with van der Waals surface area (Å²) >= 11 is 0. The first-order chi connectivity index (χ1) is 14.3. The van der Waals surface area contributed by atoms with Gasteiger partial charge in [0.1, 0.15) is 5.75 Å². The Labute approximate surface area is 177 Å². The molecule has 0 atom stereocenters. The van der Waals surface area contributed by atoms with E-state index in [1.165, 1.54) is 68.9 Å². The second-order valence-corrected chi connectivity index (χ2v) is 8.37. The molecule has 3 rings (SSSR count). The number of unbranched alkanes of at least 4 members (excludes halogenated alkanes) is 3. The summed E-state index contributed by atoms with van der Waals surface area (Å²) < 4.78 is 5.52. The van der Waals surface area contributed by atoms with Crippen LogP contribution in [0, 0.1) is 23.7 Å². The molecule has 1 aliphatic carbocycles. The molecule has 0 saturated heterocycles. The van der Waals surface area contributed by atoms with E-state index < -0.39 is 0 Å². The van der Waals surface area contributed by atoms with Gasteiger partial charge in [-0.05, 0) is 73.9 Å². The van der Waals surface area contributed by atoms with E-state index in [1.54, 1.807) is 0 Å². The largest absolute Gasteiger partial charge is 0.494 e. The Morgan fingerprint density at radius 1 is 0.793 bits per heavy atom. The summed E-state index contributed by atoms with van der Waals surface area (Å²) in [5.74, 6) is 9.45. The maximum atomic E-state index is 5.52. The first kappa shape index (κ1) is 21.5. The fourth-order valence-electron chi connectivity index (χ4n) is 4.30. The van der Waals surface area contributed by atoms with Crippen LogP contribution in [0.25, 0.3) is 11.1 Å². The smallest absolute Gasteiger partial charge is 0.119 e. The van der Waals surface area contributed by atoms with E-state index in [2.05, 4.69) is 55.2 Å². The lowest BCUT2D eigenvalue weighted by Gasteiger charge is -2.25. The standard InChI is InChI=1S/C28H36O/c1-3-5-6-7-8-23-9-11-24(12-10-23)13-14-25-15-17-26(18-16-25)27-19-21-28(22-20-27)29-4-2/h15-24H,3-12H2,1-2H3/t23-,24-. The van der Waals surface area contributed by atoms with Crippen molar-refractivity contribution in [3.8, 4) is 28.7 Å². The second-order valence-electron chi connectivity index (χ2n) is 8.37. The average molecular weight is 389 g/mol. The maximum Gasteiger partial charge on any atom is 0.119 e. The van der Waals surface area contributed by atoms with Crippen molar-refractivity contribution >= 4 is 0 Å². The van der Waals surface area contributed by atoms with Crippen LogP contribution in [0.4, 0.5) is 0 Å². The highest BCUT2D eigenvalue weighted by Gasteiger charge is 2.19. The Kier molecular flexibility index (Phi) is 8.69. The highest BCUT2D eigenvalue weighted by Crippen LogP contribution is 2.32. The van der Waals surface area contributed by atoms with Crippen LogP contribution in [0.1, 0.15) is 77.2 Å². The summed E-state index contributed by atoms with van der Waals surface area (Å²) in [5.41, 5.74) is 3.56. The third-order valence-corrected chi connectivity index (χ3v) is 6.12. The predicted octanol–water partition coefficient (Wildman–Crippen LogP) is 7.88. The molecule has 1 nitrogen and oxygen atoms in total. The van der Waals surface area contributed by atoms with Crippen molar-refractivity contribution in [2.75, 3.05) is 6.61 Å². The van der Waals surface area contributed by atoms with Crippen molar-refractivity contribution in [2.45, 2.75) is 71.6 Å². The molecule has 0 aromatic heterocycles. The van der Waals surface area contributed by atoms with Crippen LogP contribution in [0.3, 0.4) is 0 Å². The molecular weight excluding hydrogens is 352 g/mol. The van der Waals surface area contributed by atoms with Crippen molar-refractivity contribution in [1.29, 1.82) is 0 Å². The number of ether oxygens (including phenoxy) is 1. The van der Waals surface area contributed by atoms with E-state index in [4.69, 9.17) is 4.74 Å². The molecule has 1 saturated carbocycles. The summed E-state index contributed by atoms with van der Waals surface area (Å²) in [7, 11) is 0. The molecule has 0 N–H and O–H groups in total. The van der Waals surface area contributed by atoms with Gasteiger partial charge in [0.15, 0.2) is 0 Å². The van der Waals surface area contributed by atoms with E-state index in [-0.39, 0.29) is 0 Å². The van der Waals surface area contributed by atoms with Gasteiger partial charge in [0, 0.05) is 11.5 Å². The van der Waals surface area contributed by atoms with Crippen LogP contribution in [-0.2, 0) is 0 Å². The number of benzene rings is 2. The Morgan fingerprint density at radius 2 is 1.45 bits per heavy atom. The first-order valence-corrected chi connectivity index (χ1v) is 11.6. The second kappa shape index (κ2) is 11.7. The lowest BCUT2D eigenvalue weighted by Crippen LogP contribution is -2.13. The molecule has 0 unspecified atom stereocenters. The number of rotatable bonds is 8. The van der Waals surface area contributed by atoms with E-state index in [1.807, 2.05) is 19.1 Å². The molecule has 29 heavy (non-hydrogen) atoms. The average Bonchev–Trinajstić information content (AvgIpc) is 2.77. The molecule has 0 heterocycles.